The van der Waals surface area contributed by atoms with Crippen LogP contribution in [0.5, 0.6) is 17.2 Å². The molecule has 3 aromatic rings. The predicted octanol–water partition coefficient (Wildman–Crippen LogP) is 3.75. The first kappa shape index (κ1) is 18.4. The molecular formula is C18H17NO8. The van der Waals surface area contributed by atoms with E-state index in [4.69, 9.17) is 33.8 Å². The Balaban J connectivity index is 1.64. The maximum atomic E-state index is 11.8. The first-order valence-electron chi connectivity index (χ1n) is 7.77. The molecular weight excluding hydrogens is 358 g/mol. The number of carbonyl (C=O) groups excluding carboxylic acids is 1. The molecule has 27 heavy (non-hydrogen) atoms. The number of benzene rings is 2. The SMILES string of the molecule is COc1cc(OC)c2oc(COC(=O)Oc3ccc(N(O)O)cc3)cc2c1. The van der Waals surface area contributed by atoms with Crippen molar-refractivity contribution in [2.75, 3.05) is 19.4 Å². The van der Waals surface area contributed by atoms with Crippen LogP contribution in [0.25, 0.3) is 11.0 Å². The molecule has 3 rings (SSSR count). The number of nitrogens with zero attached hydrogens (tertiary/aromatic N) is 1. The number of methoxy groups -OCH3 is 2. The topological polar surface area (TPSA) is 111 Å². The van der Waals surface area contributed by atoms with Crippen LogP contribution in [0.3, 0.4) is 0 Å². The van der Waals surface area contributed by atoms with Crippen molar-refractivity contribution in [2.24, 2.45) is 0 Å². The van der Waals surface area contributed by atoms with Crippen molar-refractivity contribution in [3.8, 4) is 17.2 Å². The zero-order valence-corrected chi connectivity index (χ0v) is 14.5. The number of hydrogen-bond acceptors (Lipinski definition) is 9. The van der Waals surface area contributed by atoms with E-state index in [1.807, 2.05) is 0 Å². The van der Waals surface area contributed by atoms with Crippen LogP contribution < -0.4 is 19.4 Å². The van der Waals surface area contributed by atoms with E-state index >= 15 is 0 Å². The smallest absolute Gasteiger partial charge is 0.497 e. The van der Waals surface area contributed by atoms with Gasteiger partial charge in [-0.15, -0.1) is 5.23 Å². The third-order valence-electron chi connectivity index (χ3n) is 3.66. The molecule has 2 aromatic carbocycles. The van der Waals surface area contributed by atoms with E-state index in [0.717, 1.165) is 5.39 Å². The predicted molar refractivity (Wildman–Crippen MR) is 92.6 cm³/mol. The van der Waals surface area contributed by atoms with E-state index in [1.165, 1.54) is 31.4 Å². The summed E-state index contributed by atoms with van der Waals surface area (Å²) in [4.78, 5) is 11.8. The van der Waals surface area contributed by atoms with Crippen molar-refractivity contribution in [3.63, 3.8) is 0 Å². The van der Waals surface area contributed by atoms with Crippen LogP contribution >= 0.6 is 0 Å². The maximum absolute atomic E-state index is 11.8. The number of anilines is 1. The summed E-state index contributed by atoms with van der Waals surface area (Å²) in [5.74, 6) is 1.70. The molecule has 0 unspecified atom stereocenters. The summed E-state index contributed by atoms with van der Waals surface area (Å²) >= 11 is 0. The second kappa shape index (κ2) is 7.85. The first-order valence-corrected chi connectivity index (χ1v) is 7.77. The van der Waals surface area contributed by atoms with E-state index in [1.54, 1.807) is 25.3 Å². The highest BCUT2D eigenvalue weighted by Crippen LogP contribution is 2.33. The fourth-order valence-corrected chi connectivity index (χ4v) is 2.39. The van der Waals surface area contributed by atoms with Crippen LogP contribution in [0.1, 0.15) is 5.76 Å². The van der Waals surface area contributed by atoms with Gasteiger partial charge in [0.15, 0.2) is 17.9 Å². The van der Waals surface area contributed by atoms with Crippen molar-refractivity contribution in [2.45, 2.75) is 6.61 Å². The normalized spacial score (nSPS) is 10.5. The monoisotopic (exact) mass is 375 g/mol. The molecule has 9 heteroatoms. The zero-order chi connectivity index (χ0) is 19.4. The van der Waals surface area contributed by atoms with Crippen molar-refractivity contribution in [1.29, 1.82) is 0 Å². The molecule has 1 aromatic heterocycles. The Bertz CT molecular complexity index is 932. The van der Waals surface area contributed by atoms with Crippen LogP contribution in [-0.2, 0) is 11.3 Å². The third kappa shape index (κ3) is 4.22. The van der Waals surface area contributed by atoms with Crippen molar-refractivity contribution in [3.05, 3.63) is 48.2 Å². The van der Waals surface area contributed by atoms with Crippen molar-refractivity contribution in [1.82, 2.24) is 0 Å². The van der Waals surface area contributed by atoms with Crippen LogP contribution in [0.2, 0.25) is 0 Å². The molecule has 0 atom stereocenters. The number of rotatable bonds is 6. The molecule has 142 valence electrons. The molecule has 0 aliphatic carbocycles. The summed E-state index contributed by atoms with van der Waals surface area (Å²) in [5.41, 5.74) is 0.626. The highest BCUT2D eigenvalue weighted by Gasteiger charge is 2.14. The van der Waals surface area contributed by atoms with Gasteiger partial charge in [0.2, 0.25) is 0 Å². The molecule has 0 saturated heterocycles. The van der Waals surface area contributed by atoms with E-state index in [0.29, 0.717) is 22.8 Å². The second-order valence-electron chi connectivity index (χ2n) is 5.38. The lowest BCUT2D eigenvalue weighted by Crippen LogP contribution is -2.12. The van der Waals surface area contributed by atoms with Gasteiger partial charge in [-0.25, -0.2) is 4.79 Å². The zero-order valence-electron chi connectivity index (χ0n) is 14.5. The molecule has 0 aliphatic rings. The Labute approximate surface area is 153 Å². The number of ether oxygens (including phenoxy) is 4. The fourth-order valence-electron chi connectivity index (χ4n) is 2.39. The van der Waals surface area contributed by atoms with Crippen LogP contribution in [0, 0.1) is 0 Å². The van der Waals surface area contributed by atoms with Crippen LogP contribution in [0.4, 0.5) is 10.5 Å². The molecule has 0 bridgehead atoms. The van der Waals surface area contributed by atoms with Crippen LogP contribution in [-0.4, -0.2) is 30.8 Å². The van der Waals surface area contributed by atoms with Gasteiger partial charge in [0.25, 0.3) is 0 Å². The van der Waals surface area contributed by atoms with Gasteiger partial charge in [0.1, 0.15) is 17.3 Å². The van der Waals surface area contributed by atoms with Crippen molar-refractivity contribution >= 4 is 22.8 Å². The summed E-state index contributed by atoms with van der Waals surface area (Å²) in [6.07, 6.45) is -0.933. The quantitative estimate of drug-likeness (QED) is 0.378. The Hall–Kier alpha value is -3.43. The van der Waals surface area contributed by atoms with E-state index in [9.17, 15) is 4.79 Å². The highest BCUT2D eigenvalue weighted by molar-refractivity contribution is 5.85. The van der Waals surface area contributed by atoms with Gasteiger partial charge in [-0.1, -0.05) is 0 Å². The molecule has 0 spiro atoms. The Morgan fingerprint density at radius 2 is 1.78 bits per heavy atom. The van der Waals surface area contributed by atoms with Gasteiger partial charge in [-0.2, -0.15) is 0 Å². The van der Waals surface area contributed by atoms with Gasteiger partial charge in [0.05, 0.1) is 19.9 Å². The van der Waals surface area contributed by atoms with Crippen LogP contribution in [0.15, 0.2) is 46.9 Å². The summed E-state index contributed by atoms with van der Waals surface area (Å²) in [7, 11) is 3.06. The number of carbonyl (C=O) groups is 1. The number of fused-ring (bicyclic) bond motifs is 1. The standard InChI is InChI=1S/C18H17NO8/c1-23-14-7-11-8-15(26-17(11)16(9-14)24-2)10-25-18(20)27-13-5-3-12(4-6-13)19(21)22/h3-9,21-22H,10H2,1-2H3. The first-order chi connectivity index (χ1) is 13.0. The Morgan fingerprint density at radius 3 is 2.41 bits per heavy atom. The van der Waals surface area contributed by atoms with Gasteiger partial charge < -0.3 is 23.4 Å². The number of hydrogen-bond donors (Lipinski definition) is 2. The molecule has 0 amide bonds. The summed E-state index contributed by atoms with van der Waals surface area (Å²) < 4.78 is 26.2. The summed E-state index contributed by atoms with van der Waals surface area (Å²) in [6, 6.07) is 10.6. The fraction of sp³-hybridized carbons (Fsp3) is 0.167. The van der Waals surface area contributed by atoms with E-state index in [-0.39, 0.29) is 23.3 Å². The third-order valence-corrected chi connectivity index (χ3v) is 3.66. The minimum absolute atomic E-state index is 0.0487. The number of furan rings is 1. The highest BCUT2D eigenvalue weighted by atomic mass is 16.8. The summed E-state index contributed by atoms with van der Waals surface area (Å²) in [5, 5.41) is 18.4. The van der Waals surface area contributed by atoms with Crippen molar-refractivity contribution < 1.29 is 38.6 Å². The van der Waals surface area contributed by atoms with E-state index in [2.05, 4.69) is 0 Å². The van der Waals surface area contributed by atoms with Gasteiger partial charge >= 0.3 is 6.16 Å². The molecule has 0 saturated carbocycles. The van der Waals surface area contributed by atoms with Gasteiger partial charge in [-0.3, -0.25) is 10.4 Å². The second-order valence-corrected chi connectivity index (χ2v) is 5.38. The minimum atomic E-state index is -0.933. The molecule has 0 fully saturated rings. The average Bonchev–Trinajstić information content (AvgIpc) is 3.09. The summed E-state index contributed by atoms with van der Waals surface area (Å²) in [6.45, 7) is -0.141. The molecule has 1 heterocycles. The lowest BCUT2D eigenvalue weighted by atomic mass is 10.2. The van der Waals surface area contributed by atoms with Gasteiger partial charge in [0, 0.05) is 11.5 Å². The minimum Gasteiger partial charge on any atom is -0.497 e. The molecule has 0 radical (unpaired) electrons. The lowest BCUT2D eigenvalue weighted by Gasteiger charge is -2.08. The largest absolute Gasteiger partial charge is 0.514 e. The maximum Gasteiger partial charge on any atom is 0.514 e. The lowest BCUT2D eigenvalue weighted by molar-refractivity contribution is 0.0291. The Morgan fingerprint density at radius 1 is 1.04 bits per heavy atom. The Kier molecular flexibility index (Phi) is 5.34. The molecule has 9 nitrogen and oxygen atoms in total. The average molecular weight is 375 g/mol. The van der Waals surface area contributed by atoms with Gasteiger partial charge in [-0.05, 0) is 36.4 Å². The van der Waals surface area contributed by atoms with E-state index < -0.39 is 6.16 Å². The molecule has 2 N–H and O–H groups in total. The molecule has 0 aliphatic heterocycles.